The van der Waals surface area contributed by atoms with Crippen LogP contribution in [-0.4, -0.2) is 33.2 Å². The van der Waals surface area contributed by atoms with Crippen LogP contribution < -0.4 is 5.32 Å². The second kappa shape index (κ2) is 4.78. The molecule has 6 heteroatoms. The smallest absolute Gasteiger partial charge is 0.326 e. The molecule has 0 aliphatic heterocycles. The number of hydrogen-bond donors (Lipinski definition) is 3. The van der Waals surface area contributed by atoms with Crippen molar-refractivity contribution in [1.82, 2.24) is 15.5 Å². The summed E-state index contributed by atoms with van der Waals surface area (Å²) in [5.74, 6) is -1.44. The highest BCUT2D eigenvalue weighted by Crippen LogP contribution is 2.09. The molecule has 16 heavy (non-hydrogen) atoms. The van der Waals surface area contributed by atoms with Crippen LogP contribution in [0.25, 0.3) is 0 Å². The van der Waals surface area contributed by atoms with E-state index in [1.807, 2.05) is 0 Å². The van der Waals surface area contributed by atoms with E-state index in [9.17, 15) is 9.59 Å². The molecule has 1 aromatic rings. The van der Waals surface area contributed by atoms with Crippen LogP contribution in [-0.2, 0) is 4.79 Å². The summed E-state index contributed by atoms with van der Waals surface area (Å²) in [4.78, 5) is 22.6. The Bertz CT molecular complexity index is 392. The highest BCUT2D eigenvalue weighted by molar-refractivity contribution is 5.98. The third-order valence-corrected chi connectivity index (χ3v) is 2.37. The lowest BCUT2D eigenvalue weighted by Crippen LogP contribution is -2.40. The fraction of sp³-hybridized carbons (Fsp3) is 0.500. The number of H-pyrrole nitrogens is 1. The summed E-state index contributed by atoms with van der Waals surface area (Å²) >= 11 is 0. The van der Waals surface area contributed by atoms with Crippen LogP contribution in [0.1, 0.15) is 35.1 Å². The maximum Gasteiger partial charge on any atom is 0.326 e. The molecule has 0 radical (unpaired) electrons. The number of nitrogens with one attached hydrogen (secondary N) is 2. The summed E-state index contributed by atoms with van der Waals surface area (Å²) in [6.07, 6.45) is 0.344. The molecule has 0 aliphatic rings. The van der Waals surface area contributed by atoms with E-state index in [1.54, 1.807) is 20.8 Å². The number of aromatic amines is 1. The number of hydrogen-bond acceptors (Lipinski definition) is 3. The van der Waals surface area contributed by atoms with Crippen LogP contribution in [0.5, 0.6) is 0 Å². The van der Waals surface area contributed by atoms with Crippen molar-refractivity contribution in [3.8, 4) is 0 Å². The normalized spacial score (nSPS) is 12.2. The number of aryl methyl sites for hydroxylation is 2. The number of carbonyl (C=O) groups excluding carboxylic acids is 1. The zero-order chi connectivity index (χ0) is 12.3. The number of carboxylic acids is 1. The lowest BCUT2D eigenvalue weighted by atomic mass is 10.1. The van der Waals surface area contributed by atoms with Gasteiger partial charge >= 0.3 is 5.97 Å². The van der Waals surface area contributed by atoms with Crippen LogP contribution in [0.15, 0.2) is 0 Å². The minimum absolute atomic E-state index is 0.344. The first-order valence-corrected chi connectivity index (χ1v) is 5.02. The molecule has 1 rings (SSSR count). The maximum absolute atomic E-state index is 11.8. The molecule has 1 aromatic heterocycles. The Morgan fingerprint density at radius 3 is 2.50 bits per heavy atom. The molecule has 0 spiro atoms. The fourth-order valence-electron chi connectivity index (χ4n) is 1.45. The minimum atomic E-state index is -1.03. The lowest BCUT2D eigenvalue weighted by molar-refractivity contribution is -0.139. The van der Waals surface area contributed by atoms with Crippen molar-refractivity contribution >= 4 is 11.9 Å². The molecule has 0 fully saturated rings. The number of aromatic nitrogens is 2. The van der Waals surface area contributed by atoms with Crippen LogP contribution in [0, 0.1) is 13.8 Å². The highest BCUT2D eigenvalue weighted by Gasteiger charge is 2.21. The third-order valence-electron chi connectivity index (χ3n) is 2.37. The van der Waals surface area contributed by atoms with Gasteiger partial charge in [0, 0.05) is 5.69 Å². The van der Waals surface area contributed by atoms with E-state index in [4.69, 9.17) is 5.11 Å². The molecule has 1 amide bonds. The Labute approximate surface area is 93.1 Å². The van der Waals surface area contributed by atoms with Crippen molar-refractivity contribution in [2.24, 2.45) is 0 Å². The zero-order valence-electron chi connectivity index (χ0n) is 9.50. The van der Waals surface area contributed by atoms with Gasteiger partial charge in [0.05, 0.1) is 11.3 Å². The molecular weight excluding hydrogens is 210 g/mol. The van der Waals surface area contributed by atoms with E-state index >= 15 is 0 Å². The van der Waals surface area contributed by atoms with E-state index in [0.717, 1.165) is 0 Å². The van der Waals surface area contributed by atoms with Crippen molar-refractivity contribution in [1.29, 1.82) is 0 Å². The molecule has 0 aromatic carbocycles. The lowest BCUT2D eigenvalue weighted by Gasteiger charge is -2.12. The molecule has 0 bridgehead atoms. The second-order valence-electron chi connectivity index (χ2n) is 3.58. The molecule has 0 saturated heterocycles. The molecule has 3 N–H and O–H groups in total. The van der Waals surface area contributed by atoms with Gasteiger partial charge in [-0.1, -0.05) is 6.92 Å². The quantitative estimate of drug-likeness (QED) is 0.700. The van der Waals surface area contributed by atoms with Gasteiger partial charge < -0.3 is 10.4 Å². The van der Waals surface area contributed by atoms with Crippen LogP contribution >= 0.6 is 0 Å². The summed E-state index contributed by atoms with van der Waals surface area (Å²) in [6.45, 7) is 5.12. The van der Waals surface area contributed by atoms with Gasteiger partial charge in [-0.3, -0.25) is 9.89 Å². The largest absolute Gasteiger partial charge is 0.480 e. The Morgan fingerprint density at radius 2 is 2.12 bits per heavy atom. The van der Waals surface area contributed by atoms with Crippen molar-refractivity contribution in [2.45, 2.75) is 33.2 Å². The van der Waals surface area contributed by atoms with Gasteiger partial charge in [0.1, 0.15) is 6.04 Å². The van der Waals surface area contributed by atoms with Crippen molar-refractivity contribution in [3.63, 3.8) is 0 Å². The second-order valence-corrected chi connectivity index (χ2v) is 3.58. The first kappa shape index (κ1) is 12.2. The number of carbonyl (C=O) groups is 2. The van der Waals surface area contributed by atoms with Gasteiger partial charge in [-0.2, -0.15) is 5.10 Å². The maximum atomic E-state index is 11.8. The Morgan fingerprint density at radius 1 is 1.50 bits per heavy atom. The SMILES string of the molecule is CC[C@H](NC(=O)c1c(C)n[nH]c1C)C(=O)O. The van der Waals surface area contributed by atoms with Crippen LogP contribution in [0.4, 0.5) is 0 Å². The van der Waals surface area contributed by atoms with Crippen LogP contribution in [0.2, 0.25) is 0 Å². The summed E-state index contributed by atoms with van der Waals surface area (Å²) in [5.41, 5.74) is 1.62. The molecule has 0 saturated carbocycles. The van der Waals surface area contributed by atoms with E-state index in [2.05, 4.69) is 15.5 Å². The first-order valence-electron chi connectivity index (χ1n) is 5.02. The van der Waals surface area contributed by atoms with Gasteiger partial charge in [0.2, 0.25) is 0 Å². The summed E-state index contributed by atoms with van der Waals surface area (Å²) in [5, 5.41) is 17.8. The molecular formula is C10H15N3O3. The number of amides is 1. The summed E-state index contributed by atoms with van der Waals surface area (Å²) in [6, 6.07) is -0.860. The van der Waals surface area contributed by atoms with Crippen molar-refractivity contribution in [2.75, 3.05) is 0 Å². The molecule has 88 valence electrons. The molecule has 0 aliphatic carbocycles. The third kappa shape index (κ3) is 2.39. The number of nitrogens with zero attached hydrogens (tertiary/aromatic N) is 1. The van der Waals surface area contributed by atoms with E-state index in [0.29, 0.717) is 23.4 Å². The fourth-order valence-corrected chi connectivity index (χ4v) is 1.45. The molecule has 1 heterocycles. The van der Waals surface area contributed by atoms with Crippen molar-refractivity contribution in [3.05, 3.63) is 17.0 Å². The summed E-state index contributed by atoms with van der Waals surface area (Å²) < 4.78 is 0. The Hall–Kier alpha value is -1.85. The average molecular weight is 225 g/mol. The number of rotatable bonds is 4. The van der Waals surface area contributed by atoms with Gasteiger partial charge in [-0.25, -0.2) is 4.79 Å². The topological polar surface area (TPSA) is 95.1 Å². The number of carboxylic acid groups (broad SMARTS) is 1. The predicted octanol–water partition coefficient (Wildman–Crippen LogP) is 0.620. The van der Waals surface area contributed by atoms with E-state index < -0.39 is 17.9 Å². The standard InChI is InChI=1S/C10H15N3O3/c1-4-7(10(15)16)11-9(14)8-5(2)12-13-6(8)3/h7H,4H2,1-3H3,(H,11,14)(H,12,13)(H,15,16)/t7-/m0/s1. The monoisotopic (exact) mass is 225 g/mol. The van der Waals surface area contributed by atoms with Crippen molar-refractivity contribution < 1.29 is 14.7 Å². The van der Waals surface area contributed by atoms with Gasteiger partial charge in [-0.15, -0.1) is 0 Å². The predicted molar refractivity (Wildman–Crippen MR) is 57.2 cm³/mol. The van der Waals surface area contributed by atoms with Crippen LogP contribution in [0.3, 0.4) is 0 Å². The van der Waals surface area contributed by atoms with E-state index in [-0.39, 0.29) is 0 Å². The van der Waals surface area contributed by atoms with E-state index in [1.165, 1.54) is 0 Å². The minimum Gasteiger partial charge on any atom is -0.480 e. The molecule has 6 nitrogen and oxygen atoms in total. The van der Waals surface area contributed by atoms with Gasteiger partial charge in [0.25, 0.3) is 5.91 Å². The average Bonchev–Trinajstić information content (AvgIpc) is 2.54. The zero-order valence-corrected chi connectivity index (χ0v) is 9.50. The Balaban J connectivity index is 2.84. The summed E-state index contributed by atoms with van der Waals surface area (Å²) in [7, 11) is 0. The molecule has 0 unspecified atom stereocenters. The first-order chi connectivity index (χ1) is 7.47. The number of aliphatic carboxylic acids is 1. The molecule has 1 atom stereocenters. The Kier molecular flexibility index (Phi) is 3.65. The van der Waals surface area contributed by atoms with Gasteiger partial charge in [0.15, 0.2) is 0 Å². The van der Waals surface area contributed by atoms with Gasteiger partial charge in [-0.05, 0) is 20.3 Å². The highest BCUT2D eigenvalue weighted by atomic mass is 16.4.